The van der Waals surface area contributed by atoms with Crippen molar-refractivity contribution in [3.8, 4) is 5.75 Å². The highest BCUT2D eigenvalue weighted by Crippen LogP contribution is 2.19. The minimum Gasteiger partial charge on any atom is -0.493 e. The second kappa shape index (κ2) is 8.73. The predicted molar refractivity (Wildman–Crippen MR) is 105 cm³/mol. The van der Waals surface area contributed by atoms with Crippen molar-refractivity contribution in [2.45, 2.75) is 18.6 Å². The quantitative estimate of drug-likeness (QED) is 0.270. The molecule has 0 amide bonds. The molecule has 0 saturated heterocycles. The number of fused-ring (bicyclic) bond motifs is 1. The van der Waals surface area contributed by atoms with Crippen LogP contribution in [0, 0.1) is 6.92 Å². The number of ether oxygens (including phenoxy) is 2. The third-order valence-corrected chi connectivity index (χ3v) is 4.89. The normalized spacial score (nSPS) is 10.7. The third-order valence-electron chi connectivity index (χ3n) is 3.95. The fourth-order valence-corrected chi connectivity index (χ4v) is 3.33. The topological polar surface area (TPSA) is 70.4 Å². The van der Waals surface area contributed by atoms with Crippen molar-refractivity contribution in [1.29, 1.82) is 0 Å². The number of hydrogen-bond acceptors (Lipinski definition) is 6. The van der Waals surface area contributed by atoms with Gasteiger partial charge in [0, 0.05) is 5.75 Å². The van der Waals surface area contributed by atoms with Gasteiger partial charge in [-0.3, -0.25) is 14.2 Å². The molecule has 27 heavy (non-hydrogen) atoms. The molecule has 0 bridgehead atoms. The van der Waals surface area contributed by atoms with Crippen LogP contribution >= 0.6 is 11.8 Å². The van der Waals surface area contributed by atoms with Gasteiger partial charge in [0.1, 0.15) is 12.3 Å². The van der Waals surface area contributed by atoms with Gasteiger partial charge in [-0.1, -0.05) is 41.6 Å². The smallest absolute Gasteiger partial charge is 0.325 e. The minimum absolute atomic E-state index is 0.172. The number of benzene rings is 2. The molecule has 3 rings (SSSR count). The summed E-state index contributed by atoms with van der Waals surface area (Å²) in [7, 11) is 1.30. The highest BCUT2D eigenvalue weighted by Gasteiger charge is 2.14. The number of hydrogen-bond donors (Lipinski definition) is 0. The second-order valence-corrected chi connectivity index (χ2v) is 6.95. The van der Waals surface area contributed by atoms with E-state index in [4.69, 9.17) is 9.47 Å². The zero-order chi connectivity index (χ0) is 19.2. The number of nitrogens with zero attached hydrogens (tertiary/aromatic N) is 2. The molecule has 6 nitrogen and oxygen atoms in total. The number of carbonyl (C=O) groups excluding carboxylic acids is 1. The fraction of sp³-hybridized carbons (Fsp3) is 0.250. The van der Waals surface area contributed by atoms with Crippen molar-refractivity contribution in [2.24, 2.45) is 0 Å². The summed E-state index contributed by atoms with van der Waals surface area (Å²) >= 11 is 1.37. The highest BCUT2D eigenvalue weighted by molar-refractivity contribution is 7.99. The van der Waals surface area contributed by atoms with Crippen LogP contribution in [0.3, 0.4) is 0 Å². The summed E-state index contributed by atoms with van der Waals surface area (Å²) in [6, 6.07) is 14.9. The Labute approximate surface area is 161 Å². The lowest BCUT2D eigenvalue weighted by Crippen LogP contribution is -2.27. The van der Waals surface area contributed by atoms with Crippen LogP contribution in [-0.4, -0.2) is 35.0 Å². The molecule has 140 valence electrons. The number of aromatic nitrogens is 2. The maximum absolute atomic E-state index is 12.8. The zero-order valence-corrected chi connectivity index (χ0v) is 16.0. The van der Waals surface area contributed by atoms with Crippen molar-refractivity contribution in [3.63, 3.8) is 0 Å². The Morgan fingerprint density at radius 3 is 2.63 bits per heavy atom. The maximum Gasteiger partial charge on any atom is 0.325 e. The summed E-state index contributed by atoms with van der Waals surface area (Å²) in [5.74, 6) is 0.881. The molecule has 2 aromatic carbocycles. The lowest BCUT2D eigenvalue weighted by atomic mass is 10.2. The lowest BCUT2D eigenvalue weighted by Gasteiger charge is -2.12. The predicted octanol–water partition coefficient (Wildman–Crippen LogP) is 3.05. The zero-order valence-electron chi connectivity index (χ0n) is 15.2. The summed E-state index contributed by atoms with van der Waals surface area (Å²) in [5, 5.41) is 0.943. The Balaban J connectivity index is 1.77. The van der Waals surface area contributed by atoms with E-state index in [1.54, 1.807) is 18.2 Å². The maximum atomic E-state index is 12.8. The number of thioether (sulfide) groups is 1. The molecule has 0 saturated carbocycles. The summed E-state index contributed by atoms with van der Waals surface area (Å²) in [4.78, 5) is 29.0. The van der Waals surface area contributed by atoms with E-state index >= 15 is 0 Å². The van der Waals surface area contributed by atoms with Crippen molar-refractivity contribution in [3.05, 3.63) is 64.4 Å². The van der Waals surface area contributed by atoms with Crippen LogP contribution in [0.25, 0.3) is 10.9 Å². The van der Waals surface area contributed by atoms with E-state index < -0.39 is 5.97 Å². The van der Waals surface area contributed by atoms with Crippen LogP contribution in [0.15, 0.2) is 58.5 Å². The first-order valence-corrected chi connectivity index (χ1v) is 9.45. The van der Waals surface area contributed by atoms with Gasteiger partial charge in [0.05, 0.1) is 24.6 Å². The van der Waals surface area contributed by atoms with Gasteiger partial charge in [0.15, 0.2) is 5.16 Å². The third kappa shape index (κ3) is 4.68. The van der Waals surface area contributed by atoms with Crippen LogP contribution in [-0.2, 0) is 16.1 Å². The van der Waals surface area contributed by atoms with Gasteiger partial charge < -0.3 is 9.47 Å². The van der Waals surface area contributed by atoms with E-state index in [9.17, 15) is 9.59 Å². The van der Waals surface area contributed by atoms with Crippen LogP contribution in [0.1, 0.15) is 5.56 Å². The molecule has 0 aliphatic heterocycles. The Hall–Kier alpha value is -2.80. The molecule has 0 fully saturated rings. The highest BCUT2D eigenvalue weighted by atomic mass is 32.2. The SMILES string of the molecule is COC(=O)Cn1c(SCCOc2ccc(C)cc2)nc2ccccc2c1=O. The van der Waals surface area contributed by atoms with E-state index in [0.29, 0.717) is 28.4 Å². The summed E-state index contributed by atoms with van der Waals surface area (Å²) < 4.78 is 11.8. The number of rotatable bonds is 7. The molecule has 0 aliphatic carbocycles. The number of para-hydroxylation sites is 1. The van der Waals surface area contributed by atoms with Gasteiger partial charge in [0.25, 0.3) is 5.56 Å². The Bertz CT molecular complexity index is 999. The lowest BCUT2D eigenvalue weighted by molar-refractivity contribution is -0.141. The molecular formula is C20H20N2O4S. The Morgan fingerprint density at radius 2 is 1.89 bits per heavy atom. The standard InChI is InChI=1S/C20H20N2O4S/c1-14-7-9-15(10-8-14)26-11-12-27-20-21-17-6-4-3-5-16(17)19(24)22(20)13-18(23)25-2/h3-10H,11-13H2,1-2H3. The second-order valence-electron chi connectivity index (χ2n) is 5.89. The van der Waals surface area contributed by atoms with E-state index in [0.717, 1.165) is 5.75 Å². The number of esters is 1. The molecule has 0 aliphatic rings. The molecular weight excluding hydrogens is 364 g/mol. The first-order valence-electron chi connectivity index (χ1n) is 8.47. The average molecular weight is 384 g/mol. The number of methoxy groups -OCH3 is 1. The Morgan fingerprint density at radius 1 is 1.15 bits per heavy atom. The van der Waals surface area contributed by atoms with Gasteiger partial charge in [-0.2, -0.15) is 0 Å². The van der Waals surface area contributed by atoms with Crippen molar-refractivity contribution < 1.29 is 14.3 Å². The van der Waals surface area contributed by atoms with Crippen molar-refractivity contribution >= 4 is 28.6 Å². The van der Waals surface area contributed by atoms with E-state index in [1.807, 2.05) is 37.3 Å². The van der Waals surface area contributed by atoms with Crippen LogP contribution in [0.5, 0.6) is 5.75 Å². The van der Waals surface area contributed by atoms with Gasteiger partial charge in [0.2, 0.25) is 0 Å². The molecule has 1 heterocycles. The molecule has 0 radical (unpaired) electrons. The van der Waals surface area contributed by atoms with E-state index in [2.05, 4.69) is 4.98 Å². The molecule has 1 aromatic heterocycles. The van der Waals surface area contributed by atoms with Crippen LogP contribution in [0.4, 0.5) is 0 Å². The molecule has 0 spiro atoms. The van der Waals surface area contributed by atoms with Crippen LogP contribution in [0.2, 0.25) is 0 Å². The molecule has 7 heteroatoms. The van der Waals surface area contributed by atoms with Crippen molar-refractivity contribution in [2.75, 3.05) is 19.5 Å². The van der Waals surface area contributed by atoms with Gasteiger partial charge in [-0.25, -0.2) is 4.98 Å². The number of carbonyl (C=O) groups is 1. The van der Waals surface area contributed by atoms with E-state index in [-0.39, 0.29) is 12.1 Å². The van der Waals surface area contributed by atoms with Gasteiger partial charge in [-0.15, -0.1) is 0 Å². The van der Waals surface area contributed by atoms with Crippen LogP contribution < -0.4 is 10.3 Å². The molecule has 0 N–H and O–H groups in total. The number of aryl methyl sites for hydroxylation is 1. The van der Waals surface area contributed by atoms with Gasteiger partial charge in [-0.05, 0) is 31.2 Å². The summed E-state index contributed by atoms with van der Waals surface area (Å²) in [5.41, 5.74) is 1.52. The molecule has 3 aromatic rings. The largest absolute Gasteiger partial charge is 0.493 e. The molecule has 0 unspecified atom stereocenters. The van der Waals surface area contributed by atoms with Crippen molar-refractivity contribution in [1.82, 2.24) is 9.55 Å². The fourth-order valence-electron chi connectivity index (χ4n) is 2.52. The first-order chi connectivity index (χ1) is 13.1. The first kappa shape index (κ1) is 19.0. The summed E-state index contributed by atoms with van der Waals surface area (Å²) in [6.45, 7) is 2.30. The summed E-state index contributed by atoms with van der Waals surface area (Å²) in [6.07, 6.45) is 0. The van der Waals surface area contributed by atoms with Gasteiger partial charge >= 0.3 is 5.97 Å². The molecule has 0 atom stereocenters. The van der Waals surface area contributed by atoms with E-state index in [1.165, 1.54) is 29.0 Å². The minimum atomic E-state index is -0.494. The monoisotopic (exact) mass is 384 g/mol. The Kier molecular flexibility index (Phi) is 6.13. The average Bonchev–Trinajstić information content (AvgIpc) is 2.69.